The average Bonchev–Trinajstić information content (AvgIpc) is 2.33. The molecule has 0 aromatic heterocycles. The summed E-state index contributed by atoms with van der Waals surface area (Å²) in [5.74, 6) is -1.32. The number of carboxylic acids is 1. The van der Waals surface area contributed by atoms with Crippen LogP contribution in [0.1, 0.15) is 37.7 Å². The number of aliphatic carboxylic acids is 1. The molecule has 1 fully saturated rings. The Morgan fingerprint density at radius 2 is 1.94 bits per heavy atom. The first kappa shape index (κ1) is 11.9. The van der Waals surface area contributed by atoms with Crippen LogP contribution in [0.15, 0.2) is 18.2 Å². The number of carbonyl (C=O) groups is 1. The minimum atomic E-state index is -0.996. The van der Waals surface area contributed by atoms with Gasteiger partial charge in [0.25, 0.3) is 0 Å². The monoisotopic (exact) mass is 237 g/mol. The van der Waals surface area contributed by atoms with Crippen molar-refractivity contribution in [3.8, 4) is 0 Å². The van der Waals surface area contributed by atoms with Gasteiger partial charge >= 0.3 is 5.97 Å². The summed E-state index contributed by atoms with van der Waals surface area (Å²) in [4.78, 5) is 11.6. The fourth-order valence-electron chi connectivity index (χ4n) is 2.70. The molecule has 0 heterocycles. The lowest BCUT2D eigenvalue weighted by Gasteiger charge is -2.34. The fourth-order valence-corrected chi connectivity index (χ4v) is 2.70. The number of hydrogen-bond acceptors (Lipinski definition) is 2. The predicted molar refractivity (Wildman–Crippen MR) is 63.2 cm³/mol. The highest BCUT2D eigenvalue weighted by Gasteiger charge is 2.42. The van der Waals surface area contributed by atoms with Crippen LogP contribution in [0.4, 0.5) is 10.1 Å². The lowest BCUT2D eigenvalue weighted by atomic mass is 9.69. The van der Waals surface area contributed by atoms with Crippen LogP contribution in [0.3, 0.4) is 0 Å². The van der Waals surface area contributed by atoms with Crippen molar-refractivity contribution in [3.05, 3.63) is 29.6 Å². The summed E-state index contributed by atoms with van der Waals surface area (Å²) in [6.45, 7) is 0. The summed E-state index contributed by atoms with van der Waals surface area (Å²) >= 11 is 0. The molecule has 0 spiro atoms. The Kier molecular flexibility index (Phi) is 3.05. The van der Waals surface area contributed by atoms with Crippen molar-refractivity contribution in [1.29, 1.82) is 0 Å². The molecule has 0 bridgehead atoms. The highest BCUT2D eigenvalue weighted by molar-refractivity contribution is 5.83. The molecule has 4 heteroatoms. The van der Waals surface area contributed by atoms with E-state index in [0.717, 1.165) is 19.3 Å². The summed E-state index contributed by atoms with van der Waals surface area (Å²) in [7, 11) is 0. The average molecular weight is 237 g/mol. The van der Waals surface area contributed by atoms with Crippen molar-refractivity contribution >= 4 is 11.7 Å². The van der Waals surface area contributed by atoms with Gasteiger partial charge in [0.1, 0.15) is 5.82 Å². The second-order valence-electron chi connectivity index (χ2n) is 4.68. The van der Waals surface area contributed by atoms with Crippen LogP contribution in [-0.4, -0.2) is 11.1 Å². The van der Waals surface area contributed by atoms with Gasteiger partial charge in [-0.1, -0.05) is 19.3 Å². The van der Waals surface area contributed by atoms with E-state index in [0.29, 0.717) is 24.1 Å². The van der Waals surface area contributed by atoms with E-state index < -0.39 is 17.2 Å². The lowest BCUT2D eigenvalue weighted by molar-refractivity contribution is -0.145. The van der Waals surface area contributed by atoms with Crippen LogP contribution >= 0.6 is 0 Å². The van der Waals surface area contributed by atoms with Crippen LogP contribution < -0.4 is 5.73 Å². The molecule has 1 saturated carbocycles. The number of halogens is 1. The fraction of sp³-hybridized carbons (Fsp3) is 0.462. The Morgan fingerprint density at radius 3 is 2.53 bits per heavy atom. The van der Waals surface area contributed by atoms with Gasteiger partial charge in [-0.15, -0.1) is 0 Å². The number of hydrogen-bond donors (Lipinski definition) is 2. The number of carboxylic acid groups (broad SMARTS) is 1. The quantitative estimate of drug-likeness (QED) is 0.777. The van der Waals surface area contributed by atoms with Crippen molar-refractivity contribution in [2.24, 2.45) is 0 Å². The largest absolute Gasteiger partial charge is 0.481 e. The zero-order chi connectivity index (χ0) is 12.5. The van der Waals surface area contributed by atoms with Gasteiger partial charge in [0.15, 0.2) is 0 Å². The Bertz CT molecular complexity index is 439. The first-order valence-corrected chi connectivity index (χ1v) is 5.85. The molecule has 1 aromatic carbocycles. The number of nitrogens with two attached hydrogens (primary N) is 1. The van der Waals surface area contributed by atoms with Crippen molar-refractivity contribution < 1.29 is 14.3 Å². The Labute approximate surface area is 99.4 Å². The van der Waals surface area contributed by atoms with Gasteiger partial charge in [-0.3, -0.25) is 4.79 Å². The zero-order valence-electron chi connectivity index (χ0n) is 9.58. The molecule has 1 aromatic rings. The third kappa shape index (κ3) is 1.99. The van der Waals surface area contributed by atoms with Crippen LogP contribution in [0.2, 0.25) is 0 Å². The van der Waals surface area contributed by atoms with Crippen LogP contribution in [0.25, 0.3) is 0 Å². The molecule has 2 rings (SSSR count). The van der Waals surface area contributed by atoms with E-state index in [2.05, 4.69) is 0 Å². The first-order chi connectivity index (χ1) is 8.06. The molecule has 0 radical (unpaired) electrons. The molecule has 0 saturated heterocycles. The Hall–Kier alpha value is -1.58. The maximum atomic E-state index is 13.3. The van der Waals surface area contributed by atoms with E-state index in [1.807, 2.05) is 0 Å². The summed E-state index contributed by atoms with van der Waals surface area (Å²) in [6, 6.07) is 3.98. The lowest BCUT2D eigenvalue weighted by Crippen LogP contribution is -2.38. The van der Waals surface area contributed by atoms with Crippen LogP contribution in [-0.2, 0) is 10.2 Å². The highest BCUT2D eigenvalue weighted by atomic mass is 19.1. The Morgan fingerprint density at radius 1 is 1.29 bits per heavy atom. The van der Waals surface area contributed by atoms with Crippen molar-refractivity contribution in [2.75, 3.05) is 5.73 Å². The number of nitrogen functional groups attached to an aromatic ring is 1. The summed E-state index contributed by atoms with van der Waals surface area (Å²) in [6.07, 6.45) is 3.81. The van der Waals surface area contributed by atoms with E-state index in [9.17, 15) is 14.3 Å². The van der Waals surface area contributed by atoms with E-state index in [4.69, 9.17) is 5.73 Å². The Balaban J connectivity index is 2.52. The van der Waals surface area contributed by atoms with E-state index in [1.165, 1.54) is 18.2 Å². The minimum absolute atomic E-state index is 0.371. The molecule has 0 amide bonds. The second-order valence-corrected chi connectivity index (χ2v) is 4.68. The van der Waals surface area contributed by atoms with Gasteiger partial charge in [0.05, 0.1) is 5.41 Å². The van der Waals surface area contributed by atoms with Gasteiger partial charge in [-0.05, 0) is 36.6 Å². The zero-order valence-corrected chi connectivity index (χ0v) is 9.58. The maximum Gasteiger partial charge on any atom is 0.314 e. The van der Waals surface area contributed by atoms with E-state index >= 15 is 0 Å². The SMILES string of the molecule is Nc1ccc(F)cc1C1(C(=O)O)CCCCC1. The smallest absolute Gasteiger partial charge is 0.314 e. The maximum absolute atomic E-state index is 13.3. The molecule has 1 aliphatic rings. The van der Waals surface area contributed by atoms with Crippen LogP contribution in [0.5, 0.6) is 0 Å². The standard InChI is InChI=1S/C13H16FNO2/c14-9-4-5-11(15)10(8-9)13(12(16)17)6-2-1-3-7-13/h4-5,8H,1-3,6-7,15H2,(H,16,17). The van der Waals surface area contributed by atoms with E-state index in [-0.39, 0.29) is 0 Å². The topological polar surface area (TPSA) is 63.3 Å². The van der Waals surface area contributed by atoms with Gasteiger partial charge < -0.3 is 10.8 Å². The molecular formula is C13H16FNO2. The first-order valence-electron chi connectivity index (χ1n) is 5.85. The van der Waals surface area contributed by atoms with Gasteiger partial charge in [0, 0.05) is 5.69 Å². The molecule has 92 valence electrons. The number of anilines is 1. The molecule has 3 N–H and O–H groups in total. The summed E-state index contributed by atoms with van der Waals surface area (Å²) < 4.78 is 13.3. The molecule has 3 nitrogen and oxygen atoms in total. The molecule has 0 aliphatic heterocycles. The molecule has 0 atom stereocenters. The third-order valence-corrected chi connectivity index (χ3v) is 3.65. The van der Waals surface area contributed by atoms with Gasteiger partial charge in [-0.2, -0.15) is 0 Å². The van der Waals surface area contributed by atoms with Crippen molar-refractivity contribution in [1.82, 2.24) is 0 Å². The molecule has 0 unspecified atom stereocenters. The van der Waals surface area contributed by atoms with Crippen LogP contribution in [0, 0.1) is 5.82 Å². The summed E-state index contributed by atoms with van der Waals surface area (Å²) in [5, 5.41) is 9.48. The normalized spacial score (nSPS) is 18.9. The van der Waals surface area contributed by atoms with Crippen molar-refractivity contribution in [3.63, 3.8) is 0 Å². The van der Waals surface area contributed by atoms with Gasteiger partial charge in [-0.25, -0.2) is 4.39 Å². The summed E-state index contributed by atoms with van der Waals surface area (Å²) in [5.41, 5.74) is 5.62. The van der Waals surface area contributed by atoms with E-state index in [1.54, 1.807) is 0 Å². The predicted octanol–water partition coefficient (Wildman–Crippen LogP) is 2.69. The third-order valence-electron chi connectivity index (χ3n) is 3.65. The molecule has 17 heavy (non-hydrogen) atoms. The number of rotatable bonds is 2. The molecular weight excluding hydrogens is 221 g/mol. The highest BCUT2D eigenvalue weighted by Crippen LogP contribution is 2.42. The van der Waals surface area contributed by atoms with Gasteiger partial charge in [0.2, 0.25) is 0 Å². The van der Waals surface area contributed by atoms with Crippen molar-refractivity contribution in [2.45, 2.75) is 37.5 Å². The number of benzene rings is 1. The second kappa shape index (κ2) is 4.35. The minimum Gasteiger partial charge on any atom is -0.481 e. The molecule has 1 aliphatic carbocycles.